The van der Waals surface area contributed by atoms with Crippen LogP contribution in [-0.4, -0.2) is 29.9 Å². The largest absolute Gasteiger partial charge is 0.324 e. The normalized spacial score (nSPS) is 13.6. The van der Waals surface area contributed by atoms with Gasteiger partial charge in [-0.2, -0.15) is 5.26 Å². The van der Waals surface area contributed by atoms with Crippen LogP contribution in [0.15, 0.2) is 78.9 Å². The number of rotatable bonds is 5. The second-order valence-electron chi connectivity index (χ2n) is 7.39. The Labute approximate surface area is 181 Å². The van der Waals surface area contributed by atoms with Gasteiger partial charge in [0.2, 0.25) is 0 Å². The quantitative estimate of drug-likeness (QED) is 0.666. The Balaban J connectivity index is 1.47. The highest BCUT2D eigenvalue weighted by atomic mass is 16.2. The fourth-order valence-corrected chi connectivity index (χ4v) is 3.62. The van der Waals surface area contributed by atoms with Crippen molar-refractivity contribution in [1.29, 1.82) is 5.26 Å². The molecule has 0 atom stereocenters. The van der Waals surface area contributed by atoms with E-state index in [2.05, 4.69) is 11.4 Å². The molecular formula is C25H22N4O2. The molecule has 3 amide bonds. The van der Waals surface area contributed by atoms with Crippen molar-refractivity contribution in [3.8, 4) is 6.07 Å². The molecule has 31 heavy (non-hydrogen) atoms. The minimum absolute atomic E-state index is 0.0675. The number of nitrogens with zero attached hydrogens (tertiary/aromatic N) is 3. The number of nitrogens with one attached hydrogen (secondary N) is 1. The fraction of sp³-hybridized carbons (Fsp3) is 0.160. The molecule has 0 saturated carbocycles. The third-order valence-corrected chi connectivity index (χ3v) is 5.22. The van der Waals surface area contributed by atoms with Gasteiger partial charge in [0, 0.05) is 36.6 Å². The predicted octanol–water partition coefficient (Wildman–Crippen LogP) is 4.64. The van der Waals surface area contributed by atoms with Crippen LogP contribution in [0.3, 0.4) is 0 Å². The Morgan fingerprint density at radius 1 is 0.968 bits per heavy atom. The lowest BCUT2D eigenvalue weighted by Crippen LogP contribution is -2.49. The van der Waals surface area contributed by atoms with E-state index in [1.165, 1.54) is 0 Å². The first-order chi connectivity index (χ1) is 15.1. The van der Waals surface area contributed by atoms with Crippen molar-refractivity contribution < 1.29 is 9.59 Å². The van der Waals surface area contributed by atoms with Gasteiger partial charge in [0.05, 0.1) is 11.6 Å². The summed E-state index contributed by atoms with van der Waals surface area (Å²) in [7, 11) is 0. The van der Waals surface area contributed by atoms with Crippen LogP contribution in [0, 0.1) is 11.3 Å². The highest BCUT2D eigenvalue weighted by Crippen LogP contribution is 2.25. The van der Waals surface area contributed by atoms with Gasteiger partial charge in [0.15, 0.2) is 0 Å². The highest BCUT2D eigenvalue weighted by molar-refractivity contribution is 6.04. The number of carbonyl (C=O) groups is 2. The van der Waals surface area contributed by atoms with Crippen molar-refractivity contribution >= 4 is 23.3 Å². The summed E-state index contributed by atoms with van der Waals surface area (Å²) < 4.78 is 0. The lowest BCUT2D eigenvalue weighted by Gasteiger charge is -2.36. The van der Waals surface area contributed by atoms with Crippen LogP contribution in [0.25, 0.3) is 0 Å². The molecule has 0 bridgehead atoms. The molecule has 0 spiro atoms. The number of carbonyl (C=O) groups excluding carboxylic acids is 2. The summed E-state index contributed by atoms with van der Waals surface area (Å²) in [5.41, 5.74) is 3.56. The van der Waals surface area contributed by atoms with Gasteiger partial charge in [0.25, 0.3) is 5.91 Å². The highest BCUT2D eigenvalue weighted by Gasteiger charge is 2.27. The molecule has 0 radical (unpaired) electrons. The van der Waals surface area contributed by atoms with E-state index < -0.39 is 0 Å². The summed E-state index contributed by atoms with van der Waals surface area (Å²) >= 11 is 0. The van der Waals surface area contributed by atoms with E-state index in [1.54, 1.807) is 34.1 Å². The number of anilines is 2. The number of amides is 3. The maximum absolute atomic E-state index is 13.1. The fourth-order valence-electron chi connectivity index (χ4n) is 3.62. The third-order valence-electron chi connectivity index (χ3n) is 5.22. The zero-order valence-corrected chi connectivity index (χ0v) is 17.0. The molecule has 154 valence electrons. The Hall–Kier alpha value is -4.11. The van der Waals surface area contributed by atoms with Gasteiger partial charge in [-0.05, 0) is 54.4 Å². The van der Waals surface area contributed by atoms with E-state index >= 15 is 0 Å². The zero-order valence-electron chi connectivity index (χ0n) is 17.0. The zero-order chi connectivity index (χ0) is 21.6. The van der Waals surface area contributed by atoms with Gasteiger partial charge >= 0.3 is 6.03 Å². The molecule has 1 heterocycles. The summed E-state index contributed by atoms with van der Waals surface area (Å²) in [6, 6.07) is 25.7. The van der Waals surface area contributed by atoms with E-state index in [1.807, 2.05) is 54.6 Å². The molecule has 1 saturated heterocycles. The molecule has 3 aromatic carbocycles. The molecule has 0 aromatic heterocycles. The first-order valence-electron chi connectivity index (χ1n) is 10.2. The van der Waals surface area contributed by atoms with Crippen molar-refractivity contribution in [2.24, 2.45) is 0 Å². The van der Waals surface area contributed by atoms with Crippen LogP contribution in [0.1, 0.15) is 27.9 Å². The van der Waals surface area contributed by atoms with Crippen molar-refractivity contribution in [3.63, 3.8) is 0 Å². The standard InChI is InChI=1S/C25H22N4O2/c26-17-19-10-12-20(13-11-19)18-28-14-5-15-29(25(28)31)23-9-4-8-22(16-23)27-24(30)21-6-2-1-3-7-21/h1-4,6-13,16H,5,14-15,18H2,(H,27,30). The van der Waals surface area contributed by atoms with E-state index in [0.717, 1.165) is 17.7 Å². The topological polar surface area (TPSA) is 76.4 Å². The Morgan fingerprint density at radius 2 is 1.74 bits per heavy atom. The van der Waals surface area contributed by atoms with Crippen LogP contribution in [0.4, 0.5) is 16.2 Å². The van der Waals surface area contributed by atoms with Gasteiger partial charge < -0.3 is 10.2 Å². The van der Waals surface area contributed by atoms with E-state index in [-0.39, 0.29) is 11.9 Å². The van der Waals surface area contributed by atoms with Gasteiger partial charge in [-0.3, -0.25) is 9.69 Å². The van der Waals surface area contributed by atoms with Crippen LogP contribution in [-0.2, 0) is 6.54 Å². The molecule has 6 nitrogen and oxygen atoms in total. The Bertz CT molecular complexity index is 1120. The maximum atomic E-state index is 13.1. The second kappa shape index (κ2) is 9.14. The van der Waals surface area contributed by atoms with E-state index in [0.29, 0.717) is 36.4 Å². The van der Waals surface area contributed by atoms with Crippen LogP contribution >= 0.6 is 0 Å². The number of urea groups is 1. The molecule has 1 fully saturated rings. The number of hydrogen-bond donors (Lipinski definition) is 1. The van der Waals surface area contributed by atoms with E-state index in [4.69, 9.17) is 5.26 Å². The van der Waals surface area contributed by atoms with E-state index in [9.17, 15) is 9.59 Å². The van der Waals surface area contributed by atoms with Crippen LogP contribution < -0.4 is 10.2 Å². The lowest BCUT2D eigenvalue weighted by molar-refractivity contribution is 0.102. The van der Waals surface area contributed by atoms with Gasteiger partial charge in [0.1, 0.15) is 0 Å². The summed E-state index contributed by atoms with van der Waals surface area (Å²) in [4.78, 5) is 29.1. The summed E-state index contributed by atoms with van der Waals surface area (Å²) in [5.74, 6) is -0.190. The first kappa shape index (κ1) is 20.2. The molecular weight excluding hydrogens is 388 g/mol. The van der Waals surface area contributed by atoms with Gasteiger partial charge in [-0.1, -0.05) is 36.4 Å². The first-order valence-corrected chi connectivity index (χ1v) is 10.2. The van der Waals surface area contributed by atoms with Crippen molar-refractivity contribution in [3.05, 3.63) is 95.6 Å². The van der Waals surface area contributed by atoms with Crippen molar-refractivity contribution in [2.45, 2.75) is 13.0 Å². The Morgan fingerprint density at radius 3 is 2.48 bits per heavy atom. The summed E-state index contributed by atoms with van der Waals surface area (Å²) in [6.45, 7) is 1.80. The summed E-state index contributed by atoms with van der Waals surface area (Å²) in [6.07, 6.45) is 0.850. The lowest BCUT2D eigenvalue weighted by atomic mass is 10.1. The number of benzene rings is 3. The van der Waals surface area contributed by atoms with Crippen LogP contribution in [0.2, 0.25) is 0 Å². The van der Waals surface area contributed by atoms with Gasteiger partial charge in [-0.25, -0.2) is 4.79 Å². The molecule has 1 aliphatic heterocycles. The molecule has 1 aliphatic rings. The van der Waals surface area contributed by atoms with Gasteiger partial charge in [-0.15, -0.1) is 0 Å². The van der Waals surface area contributed by atoms with Crippen LogP contribution in [0.5, 0.6) is 0 Å². The summed E-state index contributed by atoms with van der Waals surface area (Å²) in [5, 5.41) is 11.8. The predicted molar refractivity (Wildman–Crippen MR) is 120 cm³/mol. The smallest absolute Gasteiger partial charge is 0.322 e. The molecule has 3 aromatic rings. The number of nitriles is 1. The minimum atomic E-state index is -0.190. The molecule has 6 heteroatoms. The minimum Gasteiger partial charge on any atom is -0.322 e. The molecule has 0 unspecified atom stereocenters. The second-order valence-corrected chi connectivity index (χ2v) is 7.39. The Kier molecular flexibility index (Phi) is 5.95. The van der Waals surface area contributed by atoms with Crippen molar-refractivity contribution in [1.82, 2.24) is 4.90 Å². The SMILES string of the molecule is N#Cc1ccc(CN2CCCN(c3cccc(NC(=O)c4ccccc4)c3)C2=O)cc1. The molecule has 4 rings (SSSR count). The maximum Gasteiger partial charge on any atom is 0.324 e. The molecule has 1 N–H and O–H groups in total. The average molecular weight is 410 g/mol. The monoisotopic (exact) mass is 410 g/mol. The third kappa shape index (κ3) is 4.73. The molecule has 0 aliphatic carbocycles. The number of hydrogen-bond acceptors (Lipinski definition) is 3. The average Bonchev–Trinajstić information content (AvgIpc) is 2.81. The van der Waals surface area contributed by atoms with Crippen molar-refractivity contribution in [2.75, 3.05) is 23.3 Å².